The first-order valence-electron chi connectivity index (χ1n) is 2.16. The van der Waals surface area contributed by atoms with Gasteiger partial charge in [-0.3, -0.25) is 4.98 Å². The molecule has 0 unspecified atom stereocenters. The minimum atomic E-state index is -0.465. The van der Waals surface area contributed by atoms with Crippen molar-refractivity contribution in [1.82, 2.24) is 4.98 Å². The molecule has 1 heterocycles. The molecule has 1 rings (SSSR count). The van der Waals surface area contributed by atoms with E-state index in [-0.39, 0.29) is 5.59 Å². The van der Waals surface area contributed by atoms with Gasteiger partial charge in [0, 0.05) is 11.8 Å². The largest absolute Gasteiger partial charge is 0.270 e. The molecule has 0 aliphatic rings. The Kier molecular flexibility index (Phi) is 1.28. The fourth-order valence-electron chi connectivity index (χ4n) is 0.398. The summed E-state index contributed by atoms with van der Waals surface area (Å²) < 4.78 is 12.1. The van der Waals surface area contributed by atoms with Gasteiger partial charge in [-0.15, -0.1) is 0 Å². The van der Waals surface area contributed by atoms with Crippen molar-refractivity contribution in [3.63, 3.8) is 0 Å². The Morgan fingerprint density at radius 3 is 2.75 bits per heavy atom. The van der Waals surface area contributed by atoms with Gasteiger partial charge >= 0.3 is 0 Å². The lowest BCUT2D eigenvalue weighted by atomic mass is 10.0. The average molecular weight is 107 g/mol. The SMILES string of the molecule is [B]c1ncccc1F. The van der Waals surface area contributed by atoms with Crippen LogP contribution in [0.1, 0.15) is 0 Å². The fraction of sp³-hybridized carbons (Fsp3) is 0. The zero-order valence-electron chi connectivity index (χ0n) is 4.13. The van der Waals surface area contributed by atoms with Crippen LogP contribution >= 0.6 is 0 Å². The van der Waals surface area contributed by atoms with E-state index in [4.69, 9.17) is 7.85 Å². The van der Waals surface area contributed by atoms with E-state index < -0.39 is 5.82 Å². The summed E-state index contributed by atoms with van der Waals surface area (Å²) in [6, 6.07) is 2.76. The van der Waals surface area contributed by atoms with Gasteiger partial charge < -0.3 is 0 Å². The van der Waals surface area contributed by atoms with E-state index >= 15 is 0 Å². The van der Waals surface area contributed by atoms with Crippen molar-refractivity contribution in [3.05, 3.63) is 24.1 Å². The molecule has 3 heteroatoms. The summed E-state index contributed by atoms with van der Waals surface area (Å²) >= 11 is 0. The first-order chi connectivity index (χ1) is 3.80. The molecule has 2 radical (unpaired) electrons. The van der Waals surface area contributed by atoms with Crippen LogP contribution in [-0.2, 0) is 0 Å². The third-order valence-corrected chi connectivity index (χ3v) is 0.787. The maximum Gasteiger partial charge on any atom is 0.145 e. The molecule has 8 heavy (non-hydrogen) atoms. The Bertz CT molecular complexity index is 169. The number of halogens is 1. The lowest BCUT2D eigenvalue weighted by Crippen LogP contribution is -2.11. The minimum Gasteiger partial charge on any atom is -0.270 e. The second-order valence-electron chi connectivity index (χ2n) is 1.37. The summed E-state index contributed by atoms with van der Waals surface area (Å²) in [4.78, 5) is 3.48. The molecule has 1 aromatic rings. The number of hydrogen-bond acceptors (Lipinski definition) is 1. The highest BCUT2D eigenvalue weighted by molar-refractivity contribution is 6.30. The molecule has 0 aromatic carbocycles. The minimum absolute atomic E-state index is 0.0486. The standard InChI is InChI=1S/C5H3BFN/c6-5-4(7)2-1-3-8-5/h1-3H. The zero-order valence-corrected chi connectivity index (χ0v) is 4.13. The van der Waals surface area contributed by atoms with Crippen LogP contribution in [0.3, 0.4) is 0 Å². The van der Waals surface area contributed by atoms with Gasteiger partial charge in [0.25, 0.3) is 0 Å². The van der Waals surface area contributed by atoms with E-state index in [1.165, 1.54) is 18.3 Å². The van der Waals surface area contributed by atoms with Crippen LogP contribution in [0.4, 0.5) is 4.39 Å². The van der Waals surface area contributed by atoms with Crippen LogP contribution in [0.5, 0.6) is 0 Å². The van der Waals surface area contributed by atoms with E-state index in [0.717, 1.165) is 0 Å². The van der Waals surface area contributed by atoms with Gasteiger partial charge in [-0.25, -0.2) is 4.39 Å². The Morgan fingerprint density at radius 2 is 2.38 bits per heavy atom. The van der Waals surface area contributed by atoms with E-state index in [0.29, 0.717) is 0 Å². The molecule has 0 spiro atoms. The molecule has 0 N–H and O–H groups in total. The highest BCUT2D eigenvalue weighted by Gasteiger charge is 1.90. The molecular weight excluding hydrogens is 104 g/mol. The van der Waals surface area contributed by atoms with Crippen LogP contribution in [-0.4, -0.2) is 12.8 Å². The average Bonchev–Trinajstić information content (AvgIpc) is 1.77. The van der Waals surface area contributed by atoms with Gasteiger partial charge in [-0.1, -0.05) is 0 Å². The van der Waals surface area contributed by atoms with Crippen molar-refractivity contribution in [3.8, 4) is 0 Å². The molecule has 0 aliphatic carbocycles. The monoisotopic (exact) mass is 107 g/mol. The molecule has 1 aromatic heterocycles. The van der Waals surface area contributed by atoms with Crippen LogP contribution in [0, 0.1) is 5.82 Å². The summed E-state index contributed by atoms with van der Waals surface area (Å²) in [7, 11) is 5.03. The zero-order chi connectivity index (χ0) is 5.98. The Labute approximate surface area is 48.0 Å². The van der Waals surface area contributed by atoms with Crippen LogP contribution < -0.4 is 5.59 Å². The smallest absolute Gasteiger partial charge is 0.145 e. The van der Waals surface area contributed by atoms with Crippen molar-refractivity contribution in [2.75, 3.05) is 0 Å². The topological polar surface area (TPSA) is 12.9 Å². The molecule has 0 saturated carbocycles. The molecule has 38 valence electrons. The van der Waals surface area contributed by atoms with Gasteiger partial charge in [0.15, 0.2) is 0 Å². The Hall–Kier alpha value is -0.855. The fourth-order valence-corrected chi connectivity index (χ4v) is 0.398. The molecule has 0 fully saturated rings. The second-order valence-corrected chi connectivity index (χ2v) is 1.37. The maximum atomic E-state index is 12.1. The Balaban J connectivity index is 3.13. The number of pyridine rings is 1. The maximum absolute atomic E-state index is 12.1. The number of nitrogens with zero attached hydrogens (tertiary/aromatic N) is 1. The number of hydrogen-bond donors (Lipinski definition) is 0. The van der Waals surface area contributed by atoms with Crippen molar-refractivity contribution in [2.45, 2.75) is 0 Å². The summed E-state index contributed by atoms with van der Waals surface area (Å²) in [5.41, 5.74) is -0.0486. The van der Waals surface area contributed by atoms with Gasteiger partial charge in [0.05, 0.1) is 0 Å². The van der Waals surface area contributed by atoms with Crippen LogP contribution in [0.15, 0.2) is 18.3 Å². The van der Waals surface area contributed by atoms with Crippen molar-refractivity contribution in [2.24, 2.45) is 0 Å². The number of aromatic nitrogens is 1. The number of rotatable bonds is 0. The summed E-state index contributed by atoms with van der Waals surface area (Å²) in [5.74, 6) is -0.465. The quantitative estimate of drug-likeness (QED) is 0.425. The Morgan fingerprint density at radius 1 is 1.62 bits per heavy atom. The molecule has 0 bridgehead atoms. The van der Waals surface area contributed by atoms with Crippen LogP contribution in [0.2, 0.25) is 0 Å². The van der Waals surface area contributed by atoms with Gasteiger partial charge in [-0.2, -0.15) is 0 Å². The molecule has 0 atom stereocenters. The third-order valence-electron chi connectivity index (χ3n) is 0.787. The molecule has 0 amide bonds. The predicted molar refractivity (Wildman–Crippen MR) is 29.6 cm³/mol. The van der Waals surface area contributed by atoms with E-state index in [1.54, 1.807) is 0 Å². The normalized spacial score (nSPS) is 9.12. The predicted octanol–water partition coefficient (Wildman–Crippen LogP) is 0.0145. The highest BCUT2D eigenvalue weighted by atomic mass is 19.1. The van der Waals surface area contributed by atoms with E-state index in [2.05, 4.69) is 4.98 Å². The van der Waals surface area contributed by atoms with E-state index in [1.807, 2.05) is 0 Å². The molecule has 0 aliphatic heterocycles. The first kappa shape index (κ1) is 5.28. The molecule has 1 nitrogen and oxygen atoms in total. The van der Waals surface area contributed by atoms with Crippen molar-refractivity contribution >= 4 is 13.4 Å². The first-order valence-corrected chi connectivity index (χ1v) is 2.16. The second kappa shape index (κ2) is 1.94. The van der Waals surface area contributed by atoms with Crippen molar-refractivity contribution < 1.29 is 4.39 Å². The molecular formula is C5H3BFN. The summed E-state index contributed by atoms with van der Waals surface area (Å²) in [5, 5.41) is 0. The molecule has 0 saturated heterocycles. The van der Waals surface area contributed by atoms with Crippen molar-refractivity contribution in [1.29, 1.82) is 0 Å². The van der Waals surface area contributed by atoms with Gasteiger partial charge in [0.1, 0.15) is 13.7 Å². The third kappa shape index (κ3) is 0.859. The lowest BCUT2D eigenvalue weighted by molar-refractivity contribution is 0.631. The van der Waals surface area contributed by atoms with E-state index in [9.17, 15) is 4.39 Å². The van der Waals surface area contributed by atoms with Crippen LogP contribution in [0.25, 0.3) is 0 Å². The summed E-state index contributed by atoms with van der Waals surface area (Å²) in [6.45, 7) is 0. The highest BCUT2D eigenvalue weighted by Crippen LogP contribution is 1.84. The van der Waals surface area contributed by atoms with Gasteiger partial charge in [0.2, 0.25) is 0 Å². The lowest BCUT2D eigenvalue weighted by Gasteiger charge is -1.89. The summed E-state index contributed by atoms with van der Waals surface area (Å²) in [6.07, 6.45) is 1.44. The van der Waals surface area contributed by atoms with Gasteiger partial charge in [-0.05, 0) is 12.1 Å².